The molecule has 2 heterocycles. The number of hydrogen-bond donors (Lipinski definition) is 3. The molecule has 0 amide bonds. The van der Waals surface area contributed by atoms with Crippen LogP contribution in [0.2, 0.25) is 0 Å². The topological polar surface area (TPSA) is 104 Å². The zero-order valence-electron chi connectivity index (χ0n) is 8.51. The fourth-order valence-corrected chi connectivity index (χ4v) is 2.93. The molecule has 0 aromatic carbocycles. The van der Waals surface area contributed by atoms with E-state index < -0.39 is 10.0 Å². The van der Waals surface area contributed by atoms with Crippen molar-refractivity contribution in [2.24, 2.45) is 0 Å². The van der Waals surface area contributed by atoms with Crippen LogP contribution in [0.15, 0.2) is 11.2 Å². The first kappa shape index (κ1) is 11.5. The predicted molar refractivity (Wildman–Crippen MR) is 54.1 cm³/mol. The van der Waals surface area contributed by atoms with Crippen molar-refractivity contribution in [3.05, 3.63) is 11.8 Å². The molecule has 2 rings (SSSR count). The first-order chi connectivity index (χ1) is 7.63. The van der Waals surface area contributed by atoms with Crippen LogP contribution in [-0.2, 0) is 21.4 Å². The number of aliphatic hydroxyl groups excluding tert-OH is 1. The van der Waals surface area contributed by atoms with Gasteiger partial charge < -0.3 is 9.84 Å². The molecule has 1 atom stereocenters. The molecule has 1 aromatic rings. The summed E-state index contributed by atoms with van der Waals surface area (Å²) in [6.07, 6.45) is 1.95. The SMILES string of the molecule is O=S(=O)(NC1CCOC1)c1[nH]ncc1CO. The van der Waals surface area contributed by atoms with Crippen molar-refractivity contribution in [3.8, 4) is 0 Å². The Morgan fingerprint density at radius 1 is 1.69 bits per heavy atom. The van der Waals surface area contributed by atoms with Crippen molar-refractivity contribution >= 4 is 10.0 Å². The van der Waals surface area contributed by atoms with E-state index in [1.807, 2.05) is 0 Å². The molecule has 0 bridgehead atoms. The molecule has 90 valence electrons. The Bertz CT molecular complexity index is 450. The Hall–Kier alpha value is -0.960. The standard InChI is InChI=1S/C8H13N3O4S/c12-4-6-3-9-10-8(6)16(13,14)11-7-1-2-15-5-7/h3,7,11-12H,1-2,4-5H2,(H,9,10). The van der Waals surface area contributed by atoms with Gasteiger partial charge >= 0.3 is 0 Å². The number of ether oxygens (including phenoxy) is 1. The van der Waals surface area contributed by atoms with E-state index in [9.17, 15) is 8.42 Å². The largest absolute Gasteiger partial charge is 0.392 e. The molecule has 0 saturated carbocycles. The lowest BCUT2D eigenvalue weighted by Crippen LogP contribution is -2.35. The van der Waals surface area contributed by atoms with Crippen molar-refractivity contribution in [2.45, 2.75) is 24.1 Å². The van der Waals surface area contributed by atoms with E-state index in [0.717, 1.165) is 0 Å². The third kappa shape index (κ3) is 2.24. The van der Waals surface area contributed by atoms with Gasteiger partial charge in [0.15, 0.2) is 5.03 Å². The van der Waals surface area contributed by atoms with Gasteiger partial charge in [0.1, 0.15) is 0 Å². The minimum Gasteiger partial charge on any atom is -0.392 e. The summed E-state index contributed by atoms with van der Waals surface area (Å²) in [7, 11) is -3.65. The van der Waals surface area contributed by atoms with Crippen molar-refractivity contribution in [2.75, 3.05) is 13.2 Å². The summed E-state index contributed by atoms with van der Waals surface area (Å²) < 4.78 is 31.3. The van der Waals surface area contributed by atoms with E-state index >= 15 is 0 Å². The zero-order valence-corrected chi connectivity index (χ0v) is 9.33. The molecule has 8 heteroatoms. The third-order valence-corrected chi connectivity index (χ3v) is 3.90. The van der Waals surface area contributed by atoms with E-state index in [0.29, 0.717) is 19.6 Å². The summed E-state index contributed by atoms with van der Waals surface area (Å²) in [5, 5.41) is 14.8. The van der Waals surface area contributed by atoms with Gasteiger partial charge in [-0.25, -0.2) is 13.1 Å². The van der Waals surface area contributed by atoms with Gasteiger partial charge in [-0.1, -0.05) is 0 Å². The summed E-state index contributed by atoms with van der Waals surface area (Å²) in [5.74, 6) is 0. The molecule has 3 N–H and O–H groups in total. The summed E-state index contributed by atoms with van der Waals surface area (Å²) in [5.41, 5.74) is 0.256. The normalized spacial score (nSPS) is 21.4. The zero-order chi connectivity index (χ0) is 11.6. The van der Waals surface area contributed by atoms with Crippen LogP contribution < -0.4 is 4.72 Å². The highest BCUT2D eigenvalue weighted by molar-refractivity contribution is 7.89. The maximum atomic E-state index is 11.9. The highest BCUT2D eigenvalue weighted by atomic mass is 32.2. The van der Waals surface area contributed by atoms with Gasteiger partial charge in [0.05, 0.1) is 19.4 Å². The van der Waals surface area contributed by atoms with Crippen LogP contribution in [0.3, 0.4) is 0 Å². The van der Waals surface area contributed by atoms with Crippen molar-refractivity contribution < 1.29 is 18.3 Å². The van der Waals surface area contributed by atoms with Crippen LogP contribution in [0.25, 0.3) is 0 Å². The fraction of sp³-hybridized carbons (Fsp3) is 0.625. The van der Waals surface area contributed by atoms with E-state index in [1.165, 1.54) is 6.20 Å². The lowest BCUT2D eigenvalue weighted by Gasteiger charge is -2.10. The van der Waals surface area contributed by atoms with Crippen LogP contribution in [0.1, 0.15) is 12.0 Å². The van der Waals surface area contributed by atoms with Crippen LogP contribution in [0.5, 0.6) is 0 Å². The maximum Gasteiger partial charge on any atom is 0.258 e. The maximum absolute atomic E-state index is 11.9. The third-order valence-electron chi connectivity index (χ3n) is 2.37. The molecule has 7 nitrogen and oxygen atoms in total. The Kier molecular flexibility index (Phi) is 3.24. The molecule has 1 fully saturated rings. The number of aromatic amines is 1. The number of aliphatic hydroxyl groups is 1. The Morgan fingerprint density at radius 3 is 3.12 bits per heavy atom. The number of hydrogen-bond acceptors (Lipinski definition) is 5. The minimum absolute atomic E-state index is 0.0816. The molecule has 0 radical (unpaired) electrons. The minimum atomic E-state index is -3.65. The van der Waals surface area contributed by atoms with Crippen molar-refractivity contribution in [1.82, 2.24) is 14.9 Å². The predicted octanol–water partition coefficient (Wildman–Crippen LogP) is -1.03. The molecule has 1 aliphatic rings. The number of rotatable bonds is 4. The summed E-state index contributed by atoms with van der Waals surface area (Å²) in [6.45, 7) is 0.568. The monoisotopic (exact) mass is 247 g/mol. The Labute approximate surface area is 92.9 Å². The van der Waals surface area contributed by atoms with E-state index in [4.69, 9.17) is 9.84 Å². The second kappa shape index (κ2) is 4.50. The molecule has 0 spiro atoms. The molecular weight excluding hydrogens is 234 g/mol. The molecule has 1 aromatic heterocycles. The first-order valence-corrected chi connectivity index (χ1v) is 6.35. The van der Waals surface area contributed by atoms with Crippen molar-refractivity contribution in [3.63, 3.8) is 0 Å². The molecule has 0 aliphatic carbocycles. The first-order valence-electron chi connectivity index (χ1n) is 4.86. The molecule has 1 saturated heterocycles. The highest BCUT2D eigenvalue weighted by Crippen LogP contribution is 2.14. The van der Waals surface area contributed by atoms with Gasteiger partial charge in [0.2, 0.25) is 0 Å². The number of H-pyrrole nitrogens is 1. The summed E-state index contributed by atoms with van der Waals surface area (Å²) in [6, 6.07) is -0.208. The van der Waals surface area contributed by atoms with E-state index in [-0.39, 0.29) is 23.2 Å². The van der Waals surface area contributed by atoms with Gasteiger partial charge in [-0.15, -0.1) is 0 Å². The van der Waals surface area contributed by atoms with Crippen LogP contribution in [0.4, 0.5) is 0 Å². The van der Waals surface area contributed by atoms with E-state index in [2.05, 4.69) is 14.9 Å². The molecule has 16 heavy (non-hydrogen) atoms. The number of aromatic nitrogens is 2. The van der Waals surface area contributed by atoms with Crippen LogP contribution in [-0.4, -0.2) is 43.0 Å². The quantitative estimate of drug-likeness (QED) is 0.631. The number of nitrogens with one attached hydrogen (secondary N) is 2. The average molecular weight is 247 g/mol. The molecule has 1 unspecified atom stereocenters. The van der Waals surface area contributed by atoms with Crippen LogP contribution in [0, 0.1) is 0 Å². The van der Waals surface area contributed by atoms with E-state index in [1.54, 1.807) is 0 Å². The second-order valence-corrected chi connectivity index (χ2v) is 5.22. The average Bonchev–Trinajstić information content (AvgIpc) is 2.85. The second-order valence-electron chi connectivity index (χ2n) is 3.56. The summed E-state index contributed by atoms with van der Waals surface area (Å²) >= 11 is 0. The van der Waals surface area contributed by atoms with Crippen LogP contribution >= 0.6 is 0 Å². The lowest BCUT2D eigenvalue weighted by molar-refractivity contribution is 0.192. The molecular formula is C8H13N3O4S. The highest BCUT2D eigenvalue weighted by Gasteiger charge is 2.26. The van der Waals surface area contributed by atoms with Gasteiger partial charge in [0.25, 0.3) is 10.0 Å². The van der Waals surface area contributed by atoms with Gasteiger partial charge in [-0.2, -0.15) is 5.10 Å². The smallest absolute Gasteiger partial charge is 0.258 e. The lowest BCUT2D eigenvalue weighted by atomic mass is 10.3. The van der Waals surface area contributed by atoms with Gasteiger partial charge in [-0.05, 0) is 6.42 Å². The Morgan fingerprint density at radius 2 is 2.50 bits per heavy atom. The number of sulfonamides is 1. The fourth-order valence-electron chi connectivity index (χ4n) is 1.55. The van der Waals surface area contributed by atoms with Crippen molar-refractivity contribution in [1.29, 1.82) is 0 Å². The van der Waals surface area contributed by atoms with Gasteiger partial charge in [0, 0.05) is 18.2 Å². The molecule has 1 aliphatic heterocycles. The van der Waals surface area contributed by atoms with Gasteiger partial charge in [-0.3, -0.25) is 5.10 Å². The Balaban J connectivity index is 2.18. The number of nitrogens with zero attached hydrogens (tertiary/aromatic N) is 1. The summed E-state index contributed by atoms with van der Waals surface area (Å²) in [4.78, 5) is 0.